The number of morpholine rings is 1. The zero-order chi connectivity index (χ0) is 15.5. The average Bonchev–Trinajstić information content (AvgIpc) is 3.08. The number of ether oxygens (including phenoxy) is 1. The van der Waals surface area contributed by atoms with Gasteiger partial charge in [-0.25, -0.2) is 9.97 Å². The molecule has 7 nitrogen and oxygen atoms in total. The van der Waals surface area contributed by atoms with E-state index in [1.165, 1.54) is 11.3 Å². The molecule has 0 radical (unpaired) electrons. The molecular formula is C14H17N5O2S. The van der Waals surface area contributed by atoms with Gasteiger partial charge >= 0.3 is 0 Å². The normalized spacial score (nSPS) is 18.3. The van der Waals surface area contributed by atoms with E-state index in [1.54, 1.807) is 28.2 Å². The van der Waals surface area contributed by atoms with Crippen LogP contribution in [0.15, 0.2) is 23.3 Å². The molecule has 1 fully saturated rings. The Kier molecular flexibility index (Phi) is 4.30. The first-order valence-electron chi connectivity index (χ1n) is 6.94. The molecule has 0 unspecified atom stereocenters. The highest BCUT2D eigenvalue weighted by molar-refractivity contribution is 7.07. The lowest BCUT2D eigenvalue weighted by Crippen LogP contribution is -2.43. The van der Waals surface area contributed by atoms with Crippen LogP contribution < -0.4 is 4.90 Å². The number of thiazole rings is 1. The Labute approximate surface area is 132 Å². The highest BCUT2D eigenvalue weighted by Crippen LogP contribution is 2.27. The predicted octanol–water partition coefficient (Wildman–Crippen LogP) is 1.21. The summed E-state index contributed by atoms with van der Waals surface area (Å²) in [5.74, 6) is 0.695. The largest absolute Gasteiger partial charge is 0.368 e. The maximum absolute atomic E-state index is 12.4. The number of hydrogen-bond donors (Lipinski definition) is 0. The van der Waals surface area contributed by atoms with Gasteiger partial charge in [0.2, 0.25) is 0 Å². The van der Waals surface area contributed by atoms with Gasteiger partial charge < -0.3 is 14.5 Å². The molecule has 116 valence electrons. The fourth-order valence-electron chi connectivity index (χ4n) is 2.39. The Morgan fingerprint density at radius 3 is 2.91 bits per heavy atom. The molecule has 0 saturated carbocycles. The van der Waals surface area contributed by atoms with E-state index in [9.17, 15) is 4.79 Å². The molecule has 2 aromatic heterocycles. The van der Waals surface area contributed by atoms with E-state index in [1.807, 2.05) is 19.0 Å². The van der Waals surface area contributed by atoms with Crippen molar-refractivity contribution in [3.63, 3.8) is 0 Å². The number of carbonyl (C=O) groups is 1. The molecule has 22 heavy (non-hydrogen) atoms. The fraction of sp³-hybridized carbons (Fsp3) is 0.429. The van der Waals surface area contributed by atoms with Crippen molar-refractivity contribution in [1.82, 2.24) is 19.9 Å². The minimum atomic E-state index is -0.276. The first-order valence-corrected chi connectivity index (χ1v) is 7.88. The molecule has 1 saturated heterocycles. The topological polar surface area (TPSA) is 71.5 Å². The van der Waals surface area contributed by atoms with E-state index >= 15 is 0 Å². The molecule has 3 rings (SSSR count). The molecule has 1 atom stereocenters. The number of hydrogen-bond acceptors (Lipinski definition) is 7. The van der Waals surface area contributed by atoms with Crippen molar-refractivity contribution in [2.45, 2.75) is 6.10 Å². The van der Waals surface area contributed by atoms with Gasteiger partial charge in [-0.3, -0.25) is 9.78 Å². The molecule has 8 heteroatoms. The van der Waals surface area contributed by atoms with E-state index in [-0.39, 0.29) is 12.0 Å². The summed E-state index contributed by atoms with van der Waals surface area (Å²) in [4.78, 5) is 28.9. The number of anilines is 1. The first-order chi connectivity index (χ1) is 10.7. The lowest BCUT2D eigenvalue weighted by molar-refractivity contribution is -0.0247. The van der Waals surface area contributed by atoms with Crippen LogP contribution in [0.5, 0.6) is 0 Å². The Hall–Kier alpha value is -2.06. The maximum Gasteiger partial charge on any atom is 0.273 e. The number of amides is 1. The van der Waals surface area contributed by atoms with Crippen LogP contribution >= 0.6 is 11.3 Å². The monoisotopic (exact) mass is 319 g/mol. The van der Waals surface area contributed by atoms with Crippen LogP contribution in [-0.4, -0.2) is 59.6 Å². The van der Waals surface area contributed by atoms with Gasteiger partial charge in [0.15, 0.2) is 5.82 Å². The van der Waals surface area contributed by atoms with Gasteiger partial charge in [-0.2, -0.15) is 0 Å². The molecule has 0 bridgehead atoms. The van der Waals surface area contributed by atoms with Crippen LogP contribution in [0.25, 0.3) is 0 Å². The van der Waals surface area contributed by atoms with Crippen LogP contribution in [-0.2, 0) is 4.74 Å². The van der Waals surface area contributed by atoms with Gasteiger partial charge in [0.1, 0.15) is 17.5 Å². The number of nitrogens with zero attached hydrogens (tertiary/aromatic N) is 5. The van der Waals surface area contributed by atoms with Crippen molar-refractivity contribution in [3.8, 4) is 0 Å². The third-order valence-electron chi connectivity index (χ3n) is 3.44. The molecule has 0 spiro atoms. The van der Waals surface area contributed by atoms with Crippen molar-refractivity contribution < 1.29 is 9.53 Å². The molecule has 1 amide bonds. The summed E-state index contributed by atoms with van der Waals surface area (Å²) in [6.45, 7) is 1.49. The van der Waals surface area contributed by atoms with Gasteiger partial charge in [0, 0.05) is 38.4 Å². The summed E-state index contributed by atoms with van der Waals surface area (Å²) in [5, 5.41) is 1.76. The van der Waals surface area contributed by atoms with E-state index in [0.717, 1.165) is 11.5 Å². The van der Waals surface area contributed by atoms with Crippen LogP contribution in [0.2, 0.25) is 0 Å². The van der Waals surface area contributed by atoms with Gasteiger partial charge in [-0.1, -0.05) is 0 Å². The lowest BCUT2D eigenvalue weighted by Gasteiger charge is -2.33. The zero-order valence-corrected chi connectivity index (χ0v) is 13.3. The van der Waals surface area contributed by atoms with Crippen LogP contribution in [0.3, 0.4) is 0 Å². The van der Waals surface area contributed by atoms with E-state index in [4.69, 9.17) is 4.74 Å². The number of rotatable bonds is 3. The van der Waals surface area contributed by atoms with Crippen LogP contribution in [0.4, 0.5) is 5.82 Å². The van der Waals surface area contributed by atoms with Crippen molar-refractivity contribution in [1.29, 1.82) is 0 Å². The summed E-state index contributed by atoms with van der Waals surface area (Å²) < 4.78 is 5.81. The SMILES string of the molecule is CN(C)c1nccnc1[C@@H]1CN(C(=O)c2cscn2)CCO1. The molecule has 2 aromatic rings. The van der Waals surface area contributed by atoms with Gasteiger partial charge in [0.25, 0.3) is 5.91 Å². The van der Waals surface area contributed by atoms with Crippen molar-refractivity contribution in [2.24, 2.45) is 0 Å². The second-order valence-corrected chi connectivity index (χ2v) is 5.86. The Morgan fingerprint density at radius 2 is 2.18 bits per heavy atom. The Balaban J connectivity index is 1.80. The first kappa shape index (κ1) is 14.9. The summed E-state index contributed by atoms with van der Waals surface area (Å²) in [6, 6.07) is 0. The predicted molar refractivity (Wildman–Crippen MR) is 83.1 cm³/mol. The quantitative estimate of drug-likeness (QED) is 0.847. The standard InChI is InChI=1S/C14H17N5O2S/c1-18(2)13-12(15-3-4-16-13)11-7-19(5-6-21-11)14(20)10-8-22-9-17-10/h3-4,8-9,11H,5-7H2,1-2H3/t11-/m0/s1. The smallest absolute Gasteiger partial charge is 0.273 e. The summed E-state index contributed by atoms with van der Waals surface area (Å²) in [6.07, 6.45) is 3.02. The molecule has 3 heterocycles. The summed E-state index contributed by atoms with van der Waals surface area (Å²) in [5.41, 5.74) is 2.90. The van der Waals surface area contributed by atoms with E-state index in [0.29, 0.717) is 25.4 Å². The third-order valence-corrected chi connectivity index (χ3v) is 4.03. The van der Waals surface area contributed by atoms with Crippen molar-refractivity contribution >= 4 is 23.1 Å². The molecule has 1 aliphatic heterocycles. The lowest BCUT2D eigenvalue weighted by atomic mass is 10.2. The van der Waals surface area contributed by atoms with Gasteiger partial charge in [-0.15, -0.1) is 11.3 Å². The average molecular weight is 319 g/mol. The second-order valence-electron chi connectivity index (χ2n) is 5.14. The minimum absolute atomic E-state index is 0.0650. The fourth-order valence-corrected chi connectivity index (χ4v) is 2.92. The van der Waals surface area contributed by atoms with Crippen molar-refractivity contribution in [2.75, 3.05) is 38.7 Å². The maximum atomic E-state index is 12.4. The number of aromatic nitrogens is 3. The van der Waals surface area contributed by atoms with E-state index in [2.05, 4.69) is 15.0 Å². The van der Waals surface area contributed by atoms with Crippen molar-refractivity contribution in [3.05, 3.63) is 34.7 Å². The van der Waals surface area contributed by atoms with Crippen LogP contribution in [0.1, 0.15) is 22.3 Å². The molecule has 0 N–H and O–H groups in total. The molecule has 0 aliphatic carbocycles. The third kappa shape index (κ3) is 2.93. The van der Waals surface area contributed by atoms with E-state index < -0.39 is 0 Å². The molecule has 1 aliphatic rings. The highest BCUT2D eigenvalue weighted by Gasteiger charge is 2.29. The molecule has 0 aromatic carbocycles. The Morgan fingerprint density at radius 1 is 1.36 bits per heavy atom. The van der Waals surface area contributed by atoms with Crippen LogP contribution in [0, 0.1) is 0 Å². The van der Waals surface area contributed by atoms with Gasteiger partial charge in [0.05, 0.1) is 18.7 Å². The van der Waals surface area contributed by atoms with Gasteiger partial charge in [-0.05, 0) is 0 Å². The second kappa shape index (κ2) is 6.37. The molecular weight excluding hydrogens is 302 g/mol. The highest BCUT2D eigenvalue weighted by atomic mass is 32.1. The Bertz CT molecular complexity index is 646. The number of carbonyl (C=O) groups excluding carboxylic acids is 1. The zero-order valence-electron chi connectivity index (χ0n) is 12.5. The summed E-state index contributed by atoms with van der Waals surface area (Å²) in [7, 11) is 3.82. The minimum Gasteiger partial charge on any atom is -0.368 e. The summed E-state index contributed by atoms with van der Waals surface area (Å²) >= 11 is 1.42.